The maximum absolute atomic E-state index is 13.1. The minimum absolute atomic E-state index is 0.135. The molecule has 0 unspecified atom stereocenters. The van der Waals surface area contributed by atoms with Crippen molar-refractivity contribution >= 4 is 29.5 Å². The number of carbonyl (C=O) groups is 1. The van der Waals surface area contributed by atoms with Gasteiger partial charge in [0.25, 0.3) is 0 Å². The normalized spacial score (nSPS) is 10.3. The summed E-state index contributed by atoms with van der Waals surface area (Å²) in [5, 5.41) is 0.809. The largest absolute Gasteiger partial charge is 0.296 e. The van der Waals surface area contributed by atoms with Crippen molar-refractivity contribution in [2.75, 3.05) is 0 Å². The summed E-state index contributed by atoms with van der Waals surface area (Å²) in [6, 6.07) is 5.97. The van der Waals surface area contributed by atoms with Gasteiger partial charge in [0.1, 0.15) is 11.5 Å². The van der Waals surface area contributed by atoms with E-state index in [1.165, 1.54) is 12.1 Å². The van der Waals surface area contributed by atoms with Crippen LogP contribution in [0.3, 0.4) is 0 Å². The predicted octanol–water partition coefficient (Wildman–Crippen LogP) is 4.01. The summed E-state index contributed by atoms with van der Waals surface area (Å²) in [4.78, 5) is 14.5. The van der Waals surface area contributed by atoms with Gasteiger partial charge < -0.3 is 0 Å². The van der Waals surface area contributed by atoms with Crippen LogP contribution in [0, 0.1) is 5.82 Å². The maximum Gasteiger partial charge on any atom is 0.169 e. The molecule has 2 rings (SSSR count). The molecule has 0 saturated heterocycles. The van der Waals surface area contributed by atoms with Gasteiger partial charge >= 0.3 is 0 Å². The van der Waals surface area contributed by atoms with Crippen LogP contribution < -0.4 is 0 Å². The van der Waals surface area contributed by atoms with E-state index < -0.39 is 5.82 Å². The third-order valence-corrected chi connectivity index (χ3v) is 2.77. The van der Waals surface area contributed by atoms with Crippen molar-refractivity contribution in [2.45, 2.75) is 0 Å². The first kappa shape index (κ1) is 12.0. The summed E-state index contributed by atoms with van der Waals surface area (Å²) in [6.45, 7) is 0. The number of benzene rings is 1. The van der Waals surface area contributed by atoms with E-state index in [1.54, 1.807) is 12.1 Å². The van der Waals surface area contributed by atoms with E-state index in [0.717, 1.165) is 6.20 Å². The fraction of sp³-hybridized carbons (Fsp3) is 0. The molecule has 0 amide bonds. The number of aromatic nitrogens is 1. The van der Waals surface area contributed by atoms with Crippen LogP contribution in [0.4, 0.5) is 4.39 Å². The van der Waals surface area contributed by atoms with E-state index in [0.29, 0.717) is 27.5 Å². The zero-order valence-corrected chi connectivity index (χ0v) is 9.97. The van der Waals surface area contributed by atoms with Gasteiger partial charge in [-0.3, -0.25) is 4.79 Å². The molecule has 1 heterocycles. The molecule has 0 N–H and O–H groups in total. The lowest BCUT2D eigenvalue weighted by Crippen LogP contribution is -1.94. The fourth-order valence-corrected chi connectivity index (χ4v) is 1.98. The fourth-order valence-electron chi connectivity index (χ4n) is 1.47. The molecule has 1 aromatic heterocycles. The summed E-state index contributed by atoms with van der Waals surface area (Å²) in [5.41, 5.74) is 1.00. The Morgan fingerprint density at radius 3 is 2.59 bits per heavy atom. The van der Waals surface area contributed by atoms with Gasteiger partial charge in [0.2, 0.25) is 0 Å². The molecular formula is C12H6Cl2FNO. The van der Waals surface area contributed by atoms with Crippen LogP contribution in [-0.2, 0) is 0 Å². The second-order valence-corrected chi connectivity index (χ2v) is 4.17. The Morgan fingerprint density at radius 1 is 1.18 bits per heavy atom. The molecule has 0 aliphatic carbocycles. The molecule has 86 valence electrons. The molecular weight excluding hydrogens is 264 g/mol. The molecule has 2 nitrogen and oxygen atoms in total. The highest BCUT2D eigenvalue weighted by molar-refractivity contribution is 6.36. The lowest BCUT2D eigenvalue weighted by molar-refractivity contribution is 0.111. The molecule has 1 aromatic carbocycles. The molecule has 0 fully saturated rings. The zero-order valence-electron chi connectivity index (χ0n) is 8.45. The minimum Gasteiger partial charge on any atom is -0.296 e. The van der Waals surface area contributed by atoms with Gasteiger partial charge in [-0.1, -0.05) is 29.3 Å². The number of nitrogens with zero attached hydrogens (tertiary/aromatic N) is 1. The van der Waals surface area contributed by atoms with Gasteiger partial charge in [-0.15, -0.1) is 0 Å². The highest BCUT2D eigenvalue weighted by Crippen LogP contribution is 2.31. The smallest absolute Gasteiger partial charge is 0.169 e. The maximum atomic E-state index is 13.1. The van der Waals surface area contributed by atoms with Crippen molar-refractivity contribution in [3.05, 3.63) is 52.0 Å². The molecule has 0 radical (unpaired) electrons. The SMILES string of the molecule is O=Cc1ncc(F)cc1-c1ccc(Cl)cc1Cl. The number of hydrogen-bond acceptors (Lipinski definition) is 2. The molecule has 0 aliphatic rings. The summed E-state index contributed by atoms with van der Waals surface area (Å²) in [6.07, 6.45) is 1.54. The molecule has 0 bridgehead atoms. The van der Waals surface area contributed by atoms with Gasteiger partial charge in [-0.05, 0) is 18.2 Å². The standard InChI is InChI=1S/C12H6Cl2FNO/c13-7-1-2-9(11(14)3-7)10-4-8(15)5-16-12(10)6-17/h1-6H. The van der Waals surface area contributed by atoms with Crippen molar-refractivity contribution in [1.82, 2.24) is 4.98 Å². The van der Waals surface area contributed by atoms with Crippen LogP contribution in [0.15, 0.2) is 30.5 Å². The Balaban J connectivity index is 2.66. The Bertz CT molecular complexity index is 587. The lowest BCUT2D eigenvalue weighted by Gasteiger charge is -2.07. The van der Waals surface area contributed by atoms with Crippen molar-refractivity contribution in [2.24, 2.45) is 0 Å². The van der Waals surface area contributed by atoms with Gasteiger partial charge in [-0.2, -0.15) is 0 Å². The summed E-state index contributed by atoms with van der Waals surface area (Å²) in [7, 11) is 0. The van der Waals surface area contributed by atoms with Crippen molar-refractivity contribution in [3.8, 4) is 11.1 Å². The highest BCUT2D eigenvalue weighted by Gasteiger charge is 2.11. The molecule has 0 saturated carbocycles. The first-order chi connectivity index (χ1) is 8.11. The van der Waals surface area contributed by atoms with Crippen LogP contribution in [0.1, 0.15) is 10.5 Å². The van der Waals surface area contributed by atoms with Gasteiger partial charge in [0.05, 0.1) is 6.20 Å². The topological polar surface area (TPSA) is 30.0 Å². The first-order valence-corrected chi connectivity index (χ1v) is 5.43. The first-order valence-electron chi connectivity index (χ1n) is 4.68. The predicted molar refractivity (Wildman–Crippen MR) is 65.0 cm³/mol. The van der Waals surface area contributed by atoms with Crippen LogP contribution >= 0.6 is 23.2 Å². The number of rotatable bonds is 2. The Kier molecular flexibility index (Phi) is 3.41. The molecule has 17 heavy (non-hydrogen) atoms. The van der Waals surface area contributed by atoms with Crippen LogP contribution in [0.2, 0.25) is 10.0 Å². The molecule has 0 aliphatic heterocycles. The highest BCUT2D eigenvalue weighted by atomic mass is 35.5. The van der Waals surface area contributed by atoms with Crippen LogP contribution in [-0.4, -0.2) is 11.3 Å². The van der Waals surface area contributed by atoms with E-state index in [1.807, 2.05) is 0 Å². The van der Waals surface area contributed by atoms with E-state index in [2.05, 4.69) is 4.98 Å². The average molecular weight is 270 g/mol. The molecule has 5 heteroatoms. The lowest BCUT2D eigenvalue weighted by atomic mass is 10.0. The second-order valence-electron chi connectivity index (χ2n) is 3.33. The second kappa shape index (κ2) is 4.82. The Morgan fingerprint density at radius 2 is 1.94 bits per heavy atom. The van der Waals surface area contributed by atoms with E-state index in [4.69, 9.17) is 23.2 Å². The van der Waals surface area contributed by atoms with E-state index >= 15 is 0 Å². The van der Waals surface area contributed by atoms with Crippen molar-refractivity contribution in [1.29, 1.82) is 0 Å². The zero-order chi connectivity index (χ0) is 12.4. The van der Waals surface area contributed by atoms with Crippen molar-refractivity contribution in [3.63, 3.8) is 0 Å². The number of carbonyl (C=O) groups excluding carboxylic acids is 1. The minimum atomic E-state index is -0.531. The van der Waals surface area contributed by atoms with Gasteiger partial charge in [0, 0.05) is 21.2 Å². The van der Waals surface area contributed by atoms with E-state index in [-0.39, 0.29) is 5.69 Å². The van der Waals surface area contributed by atoms with Crippen LogP contribution in [0.5, 0.6) is 0 Å². The summed E-state index contributed by atoms with van der Waals surface area (Å²) in [5.74, 6) is -0.531. The third kappa shape index (κ3) is 2.46. The Labute approximate surface area is 107 Å². The van der Waals surface area contributed by atoms with E-state index in [9.17, 15) is 9.18 Å². The number of halogens is 3. The third-order valence-electron chi connectivity index (χ3n) is 2.22. The monoisotopic (exact) mass is 269 g/mol. The number of pyridine rings is 1. The Hall–Kier alpha value is -1.45. The summed E-state index contributed by atoms with van der Waals surface area (Å²) >= 11 is 11.8. The number of aldehydes is 1. The molecule has 2 aromatic rings. The summed E-state index contributed by atoms with van der Waals surface area (Å²) < 4.78 is 13.1. The quantitative estimate of drug-likeness (QED) is 0.772. The van der Waals surface area contributed by atoms with Crippen LogP contribution in [0.25, 0.3) is 11.1 Å². The number of hydrogen-bond donors (Lipinski definition) is 0. The van der Waals surface area contributed by atoms with Crippen molar-refractivity contribution < 1.29 is 9.18 Å². The van der Waals surface area contributed by atoms with Gasteiger partial charge in [-0.25, -0.2) is 9.37 Å². The van der Waals surface area contributed by atoms with Gasteiger partial charge in [0.15, 0.2) is 6.29 Å². The average Bonchev–Trinajstić information content (AvgIpc) is 2.29. The molecule has 0 atom stereocenters. The molecule has 0 spiro atoms.